The van der Waals surface area contributed by atoms with E-state index in [1.807, 2.05) is 25.1 Å². The average Bonchev–Trinajstić information content (AvgIpc) is 3.46. The van der Waals surface area contributed by atoms with Gasteiger partial charge in [0.25, 0.3) is 11.5 Å². The number of hydrogen-bond acceptors (Lipinski definition) is 4. The van der Waals surface area contributed by atoms with Gasteiger partial charge in [-0.1, -0.05) is 32.9 Å². The number of rotatable bonds is 6. The minimum atomic E-state index is -0.411. The summed E-state index contributed by atoms with van der Waals surface area (Å²) < 4.78 is 19.1. The molecule has 7 nitrogen and oxygen atoms in total. The third-order valence-corrected chi connectivity index (χ3v) is 9.68. The molecule has 1 N–H and O–H groups in total. The molecule has 0 unspecified atom stereocenters. The van der Waals surface area contributed by atoms with Gasteiger partial charge in [0.15, 0.2) is 0 Å². The maximum absolute atomic E-state index is 15.4. The molecule has 0 bridgehead atoms. The predicted molar refractivity (Wildman–Crippen MR) is 174 cm³/mol. The molecule has 8 heteroatoms. The lowest BCUT2D eigenvalue weighted by molar-refractivity contribution is 0.0964. The van der Waals surface area contributed by atoms with E-state index in [2.05, 4.69) is 47.8 Å². The second-order valence-electron chi connectivity index (χ2n) is 13.7. The molecule has 1 aliphatic carbocycles. The van der Waals surface area contributed by atoms with Crippen molar-refractivity contribution in [3.63, 3.8) is 0 Å². The molecule has 1 saturated heterocycles. The molecule has 44 heavy (non-hydrogen) atoms. The van der Waals surface area contributed by atoms with Gasteiger partial charge < -0.3 is 24.3 Å². The zero-order valence-electron chi connectivity index (χ0n) is 26.2. The monoisotopic (exact) mass is 593 g/mol. The largest absolute Gasteiger partial charge is 0.351 e. The number of aryl methyl sites for hydroxylation is 1. The number of aromatic nitrogens is 2. The Balaban J connectivity index is 1.22. The van der Waals surface area contributed by atoms with Crippen LogP contribution in [-0.2, 0) is 32.9 Å². The van der Waals surface area contributed by atoms with Crippen LogP contribution in [0.1, 0.15) is 59.6 Å². The van der Waals surface area contributed by atoms with Gasteiger partial charge in [-0.15, -0.1) is 0 Å². The number of likely N-dealkylation sites (N-methyl/N-ethyl adjacent to an activating group) is 1. The first-order valence-corrected chi connectivity index (χ1v) is 15.6. The van der Waals surface area contributed by atoms with E-state index in [9.17, 15) is 9.59 Å². The lowest BCUT2D eigenvalue weighted by atomic mass is 9.90. The second kappa shape index (κ2) is 10.5. The Bertz CT molecular complexity index is 1850. The van der Waals surface area contributed by atoms with Crippen LogP contribution in [0.25, 0.3) is 11.1 Å². The number of amides is 1. The van der Waals surface area contributed by atoms with Crippen LogP contribution in [0.2, 0.25) is 0 Å². The fourth-order valence-electron chi connectivity index (χ4n) is 7.49. The molecule has 1 fully saturated rings. The van der Waals surface area contributed by atoms with Gasteiger partial charge >= 0.3 is 0 Å². The van der Waals surface area contributed by atoms with E-state index in [0.717, 1.165) is 42.7 Å². The van der Waals surface area contributed by atoms with Crippen LogP contribution < -0.4 is 15.8 Å². The minimum absolute atomic E-state index is 0.0884. The summed E-state index contributed by atoms with van der Waals surface area (Å²) in [5.74, 6) is 0.0457. The summed E-state index contributed by atoms with van der Waals surface area (Å²) in [5.41, 5.74) is 8.67. The number of carbonyl (C=O) groups is 1. The Kier molecular flexibility index (Phi) is 6.81. The topological polar surface area (TPSA) is 62.5 Å². The van der Waals surface area contributed by atoms with Crippen LogP contribution >= 0.6 is 0 Å². The van der Waals surface area contributed by atoms with Gasteiger partial charge in [0.2, 0.25) is 0 Å². The Morgan fingerprint density at radius 2 is 1.73 bits per heavy atom. The number of hydrogen-bond donors (Lipinski definition) is 1. The van der Waals surface area contributed by atoms with Crippen molar-refractivity contribution in [1.82, 2.24) is 14.0 Å². The van der Waals surface area contributed by atoms with Gasteiger partial charge in [-0.3, -0.25) is 9.59 Å². The van der Waals surface area contributed by atoms with Crippen molar-refractivity contribution in [3.05, 3.63) is 99.0 Å². The first kappa shape index (κ1) is 28.6. The third kappa shape index (κ3) is 4.85. The lowest BCUT2D eigenvalue weighted by Gasteiger charge is -2.36. The molecule has 7 rings (SSSR count). The maximum atomic E-state index is 15.4. The maximum Gasteiger partial charge on any atom is 0.274 e. The molecular formula is C36H40FN5O2. The number of anilines is 3. The molecule has 4 heterocycles. The summed E-state index contributed by atoms with van der Waals surface area (Å²) in [4.78, 5) is 31.1. The number of nitrogens with zero attached hydrogens (tertiary/aromatic N) is 4. The number of halogens is 1. The van der Waals surface area contributed by atoms with Crippen LogP contribution in [-0.4, -0.2) is 46.6 Å². The highest BCUT2D eigenvalue weighted by atomic mass is 19.1. The highest BCUT2D eigenvalue weighted by Crippen LogP contribution is 2.41. The molecule has 228 valence electrons. The normalized spacial score (nSPS) is 17.9. The SMILES string of the molecule is CCc1c(-c2cc(Nc3ccc(C4CN(C)C4)cc3)c(=O)n(C)c2)cc(F)cc1N1CCn2c(cc3c2CC(C)(C)C3)C1=O. The van der Waals surface area contributed by atoms with Crippen molar-refractivity contribution in [2.45, 2.75) is 52.5 Å². The van der Waals surface area contributed by atoms with Crippen LogP contribution in [0.4, 0.5) is 21.5 Å². The number of carbonyl (C=O) groups excluding carboxylic acids is 1. The van der Waals surface area contributed by atoms with Crippen LogP contribution in [0.5, 0.6) is 0 Å². The van der Waals surface area contributed by atoms with Crippen LogP contribution in [0, 0.1) is 11.2 Å². The first-order valence-electron chi connectivity index (χ1n) is 15.6. The smallest absolute Gasteiger partial charge is 0.274 e. The van der Waals surface area contributed by atoms with Gasteiger partial charge in [-0.05, 0) is 90.4 Å². The summed E-state index contributed by atoms with van der Waals surface area (Å²) in [6, 6.07) is 15.1. The first-order chi connectivity index (χ1) is 21.0. The van der Waals surface area contributed by atoms with Gasteiger partial charge in [0.1, 0.15) is 17.2 Å². The van der Waals surface area contributed by atoms with Crippen molar-refractivity contribution in [3.8, 4) is 11.1 Å². The molecular weight excluding hydrogens is 553 g/mol. The Labute approximate surface area is 257 Å². The minimum Gasteiger partial charge on any atom is -0.351 e. The summed E-state index contributed by atoms with van der Waals surface area (Å²) in [6.45, 7) is 9.84. The standard InChI is InChI=1S/C36H40FN5O2/c1-6-28-29(24-13-30(34(43)40(5)21-24)38-27-9-7-22(8-10-27)25-19-39(4)20-25)15-26(37)16-31(28)42-12-11-41-32(35(42)44)14-23-17-36(2,3)18-33(23)41/h7-10,13-16,21,25,38H,6,11-12,17-20H2,1-5H3. The van der Waals surface area contributed by atoms with Crippen molar-refractivity contribution < 1.29 is 9.18 Å². The van der Waals surface area contributed by atoms with Crippen molar-refractivity contribution >= 4 is 23.0 Å². The molecule has 2 aromatic heterocycles. The van der Waals surface area contributed by atoms with Gasteiger partial charge in [0, 0.05) is 62.3 Å². The highest BCUT2D eigenvalue weighted by Gasteiger charge is 2.37. The van der Waals surface area contributed by atoms with Crippen molar-refractivity contribution in [2.24, 2.45) is 12.5 Å². The van der Waals surface area contributed by atoms with Crippen molar-refractivity contribution in [2.75, 3.05) is 36.9 Å². The molecule has 0 radical (unpaired) electrons. The zero-order valence-corrected chi connectivity index (χ0v) is 26.2. The fraction of sp³-hybridized carbons (Fsp3) is 0.389. The van der Waals surface area contributed by atoms with E-state index in [1.54, 1.807) is 24.2 Å². The molecule has 2 aromatic carbocycles. The number of nitrogens with one attached hydrogen (secondary N) is 1. The fourth-order valence-corrected chi connectivity index (χ4v) is 7.49. The third-order valence-electron chi connectivity index (χ3n) is 9.68. The van der Waals surface area contributed by atoms with Gasteiger partial charge in [0.05, 0.1) is 5.69 Å². The van der Waals surface area contributed by atoms with Crippen LogP contribution in [0.3, 0.4) is 0 Å². The predicted octanol–water partition coefficient (Wildman–Crippen LogP) is 6.11. The molecule has 0 spiro atoms. The molecule has 2 aliphatic heterocycles. The van der Waals surface area contributed by atoms with E-state index in [4.69, 9.17) is 0 Å². The number of fused-ring (bicyclic) bond motifs is 3. The molecule has 1 amide bonds. The second-order valence-corrected chi connectivity index (χ2v) is 13.7. The molecule has 3 aliphatic rings. The van der Waals surface area contributed by atoms with E-state index in [0.29, 0.717) is 48.1 Å². The number of pyridine rings is 1. The molecule has 4 aromatic rings. The van der Waals surface area contributed by atoms with Crippen LogP contribution in [0.15, 0.2) is 59.5 Å². The van der Waals surface area contributed by atoms with Gasteiger partial charge in [-0.2, -0.15) is 0 Å². The average molecular weight is 594 g/mol. The van der Waals surface area contributed by atoms with E-state index in [-0.39, 0.29) is 16.9 Å². The Morgan fingerprint density at radius 1 is 0.977 bits per heavy atom. The molecule has 0 atom stereocenters. The lowest BCUT2D eigenvalue weighted by Crippen LogP contribution is -2.41. The van der Waals surface area contributed by atoms with E-state index >= 15 is 4.39 Å². The van der Waals surface area contributed by atoms with E-state index < -0.39 is 5.82 Å². The van der Waals surface area contributed by atoms with Crippen molar-refractivity contribution in [1.29, 1.82) is 0 Å². The number of likely N-dealkylation sites (tertiary alicyclic amines) is 1. The molecule has 0 saturated carbocycles. The summed E-state index contributed by atoms with van der Waals surface area (Å²) >= 11 is 0. The summed E-state index contributed by atoms with van der Waals surface area (Å²) in [7, 11) is 3.83. The van der Waals surface area contributed by atoms with E-state index in [1.165, 1.54) is 33.5 Å². The highest BCUT2D eigenvalue weighted by molar-refractivity contribution is 6.07. The summed E-state index contributed by atoms with van der Waals surface area (Å²) in [6.07, 6.45) is 4.28. The zero-order chi connectivity index (χ0) is 30.9. The number of benzene rings is 2. The van der Waals surface area contributed by atoms with Gasteiger partial charge in [-0.25, -0.2) is 4.39 Å². The Hall–Kier alpha value is -4.17. The Morgan fingerprint density at radius 3 is 2.43 bits per heavy atom. The quantitative estimate of drug-likeness (QED) is 0.293. The summed E-state index contributed by atoms with van der Waals surface area (Å²) in [5, 5.41) is 3.30.